The number of carbonyl (C=O) groups excluding carboxylic acids is 1. The summed E-state index contributed by atoms with van der Waals surface area (Å²) < 4.78 is 6.02. The predicted molar refractivity (Wildman–Crippen MR) is 96.2 cm³/mol. The van der Waals surface area contributed by atoms with Crippen molar-refractivity contribution in [2.75, 3.05) is 0 Å². The number of carbonyl (C=O) groups is 1. The fourth-order valence-corrected chi connectivity index (χ4v) is 3.11. The number of aromatic amines is 1. The summed E-state index contributed by atoms with van der Waals surface area (Å²) in [6, 6.07) is 15.7. The minimum absolute atomic E-state index is 0.0330. The van der Waals surface area contributed by atoms with Crippen molar-refractivity contribution in [2.45, 2.75) is 38.0 Å². The highest BCUT2D eigenvalue weighted by atomic mass is 16.5. The van der Waals surface area contributed by atoms with Crippen LogP contribution < -0.4 is 5.32 Å². The fourth-order valence-electron chi connectivity index (χ4n) is 3.11. The van der Waals surface area contributed by atoms with E-state index >= 15 is 0 Å². The Kier molecular flexibility index (Phi) is 4.01. The van der Waals surface area contributed by atoms with Crippen LogP contribution in [0.15, 0.2) is 54.7 Å². The number of rotatable bonds is 6. The number of amides is 1. The minimum Gasteiger partial charge on any atom is -0.371 e. The molecule has 1 heterocycles. The summed E-state index contributed by atoms with van der Waals surface area (Å²) >= 11 is 0. The van der Waals surface area contributed by atoms with Gasteiger partial charge in [0.2, 0.25) is 0 Å². The van der Waals surface area contributed by atoms with Gasteiger partial charge in [-0.15, -0.1) is 0 Å². The molecule has 0 bridgehead atoms. The molecule has 1 atom stereocenters. The molecule has 2 N–H and O–H groups in total. The number of fused-ring (bicyclic) bond motifs is 1. The summed E-state index contributed by atoms with van der Waals surface area (Å²) in [6.45, 7) is 2.59. The Morgan fingerprint density at radius 2 is 2.08 bits per heavy atom. The second kappa shape index (κ2) is 6.33. The quantitative estimate of drug-likeness (QED) is 0.725. The van der Waals surface area contributed by atoms with Crippen LogP contribution in [0.1, 0.15) is 35.7 Å². The largest absolute Gasteiger partial charge is 0.371 e. The molecular formula is C20H21N3O2. The SMILES string of the molecule is CC(OCc1ccccc1)C1(NC(=O)c2ccc3[nH]ncc3c2)CC1. The molecule has 3 aromatic rings. The Morgan fingerprint density at radius 1 is 1.28 bits per heavy atom. The van der Waals surface area contributed by atoms with Crippen molar-refractivity contribution >= 4 is 16.8 Å². The zero-order valence-corrected chi connectivity index (χ0v) is 14.2. The smallest absolute Gasteiger partial charge is 0.251 e. The van der Waals surface area contributed by atoms with E-state index in [2.05, 4.69) is 15.5 Å². The first kappa shape index (κ1) is 15.8. The third kappa shape index (κ3) is 3.28. The summed E-state index contributed by atoms with van der Waals surface area (Å²) in [4.78, 5) is 12.6. The first-order valence-electron chi connectivity index (χ1n) is 8.57. The average molecular weight is 335 g/mol. The lowest BCUT2D eigenvalue weighted by atomic mass is 10.1. The lowest BCUT2D eigenvalue weighted by Crippen LogP contribution is -2.45. The Bertz CT molecular complexity index is 884. The molecular weight excluding hydrogens is 314 g/mol. The van der Waals surface area contributed by atoms with Gasteiger partial charge >= 0.3 is 0 Å². The van der Waals surface area contributed by atoms with Crippen molar-refractivity contribution in [3.05, 3.63) is 65.9 Å². The first-order valence-corrected chi connectivity index (χ1v) is 8.57. The van der Waals surface area contributed by atoms with Gasteiger partial charge in [0.1, 0.15) is 0 Å². The topological polar surface area (TPSA) is 67.0 Å². The number of hydrogen-bond acceptors (Lipinski definition) is 3. The predicted octanol–water partition coefficient (Wildman–Crippen LogP) is 3.43. The number of aromatic nitrogens is 2. The number of hydrogen-bond donors (Lipinski definition) is 2. The van der Waals surface area contributed by atoms with Crippen molar-refractivity contribution in [3.8, 4) is 0 Å². The second-order valence-corrected chi connectivity index (χ2v) is 6.72. The molecule has 1 amide bonds. The summed E-state index contributed by atoms with van der Waals surface area (Å²) in [7, 11) is 0. The van der Waals surface area contributed by atoms with E-state index in [-0.39, 0.29) is 17.6 Å². The van der Waals surface area contributed by atoms with Crippen LogP contribution in [0.5, 0.6) is 0 Å². The molecule has 2 aromatic carbocycles. The van der Waals surface area contributed by atoms with Crippen LogP contribution in [0, 0.1) is 0 Å². The summed E-state index contributed by atoms with van der Waals surface area (Å²) in [6.07, 6.45) is 3.59. The number of nitrogens with one attached hydrogen (secondary N) is 2. The number of nitrogens with zero attached hydrogens (tertiary/aromatic N) is 1. The maximum Gasteiger partial charge on any atom is 0.251 e. The third-order valence-electron chi connectivity index (χ3n) is 4.97. The van der Waals surface area contributed by atoms with E-state index in [1.807, 2.05) is 55.5 Å². The van der Waals surface area contributed by atoms with Crippen LogP contribution in [0.4, 0.5) is 0 Å². The molecule has 5 heteroatoms. The van der Waals surface area contributed by atoms with Crippen LogP contribution in [0.2, 0.25) is 0 Å². The number of H-pyrrole nitrogens is 1. The van der Waals surface area contributed by atoms with E-state index in [9.17, 15) is 4.79 Å². The molecule has 1 fully saturated rings. The highest BCUT2D eigenvalue weighted by Crippen LogP contribution is 2.40. The van der Waals surface area contributed by atoms with Crippen LogP contribution in [0.25, 0.3) is 10.9 Å². The molecule has 0 radical (unpaired) electrons. The number of ether oxygens (including phenoxy) is 1. The molecule has 1 aromatic heterocycles. The van der Waals surface area contributed by atoms with Crippen molar-refractivity contribution in [3.63, 3.8) is 0 Å². The van der Waals surface area contributed by atoms with Crippen LogP contribution in [-0.2, 0) is 11.3 Å². The van der Waals surface area contributed by atoms with Gasteiger partial charge in [0, 0.05) is 10.9 Å². The van der Waals surface area contributed by atoms with Crippen LogP contribution in [-0.4, -0.2) is 27.7 Å². The zero-order valence-electron chi connectivity index (χ0n) is 14.2. The molecule has 1 aliphatic carbocycles. The summed E-state index contributed by atoms with van der Waals surface area (Å²) in [5.41, 5.74) is 2.46. The Labute approximate surface area is 146 Å². The molecule has 1 aliphatic rings. The molecule has 1 saturated carbocycles. The number of benzene rings is 2. The first-order chi connectivity index (χ1) is 12.2. The van der Waals surface area contributed by atoms with Gasteiger partial charge in [0.15, 0.2) is 0 Å². The van der Waals surface area contributed by atoms with Gasteiger partial charge in [-0.2, -0.15) is 5.10 Å². The maximum atomic E-state index is 12.6. The van der Waals surface area contributed by atoms with Gasteiger partial charge in [-0.1, -0.05) is 30.3 Å². The average Bonchev–Trinajstić information content (AvgIpc) is 3.27. The molecule has 0 saturated heterocycles. The van der Waals surface area contributed by atoms with Crippen molar-refractivity contribution in [2.24, 2.45) is 0 Å². The van der Waals surface area contributed by atoms with E-state index < -0.39 is 0 Å². The van der Waals surface area contributed by atoms with Crippen molar-refractivity contribution in [1.29, 1.82) is 0 Å². The lowest BCUT2D eigenvalue weighted by Gasteiger charge is -2.25. The Morgan fingerprint density at radius 3 is 2.84 bits per heavy atom. The standard InChI is InChI=1S/C20H21N3O2/c1-14(25-13-15-5-3-2-4-6-15)20(9-10-20)22-19(24)16-7-8-18-17(11-16)12-21-23-18/h2-8,11-12,14H,9-10,13H2,1H3,(H,21,23)(H,22,24). The van der Waals surface area contributed by atoms with Crippen LogP contribution in [0.3, 0.4) is 0 Å². The molecule has 4 rings (SSSR count). The summed E-state index contributed by atoms with van der Waals surface area (Å²) in [5, 5.41) is 11.0. The van der Waals surface area contributed by atoms with Crippen molar-refractivity contribution in [1.82, 2.24) is 15.5 Å². The molecule has 1 unspecified atom stereocenters. The van der Waals surface area contributed by atoms with Gasteiger partial charge in [0.05, 0.1) is 30.0 Å². The maximum absolute atomic E-state index is 12.6. The Hall–Kier alpha value is -2.66. The molecule has 128 valence electrons. The normalized spacial score (nSPS) is 16.5. The van der Waals surface area contributed by atoms with E-state index in [1.54, 1.807) is 6.20 Å². The van der Waals surface area contributed by atoms with Gasteiger partial charge in [-0.05, 0) is 43.5 Å². The highest BCUT2D eigenvalue weighted by Gasteiger charge is 2.49. The zero-order chi connectivity index (χ0) is 17.3. The van der Waals surface area contributed by atoms with E-state index in [1.165, 1.54) is 0 Å². The fraction of sp³-hybridized carbons (Fsp3) is 0.300. The molecule has 25 heavy (non-hydrogen) atoms. The molecule has 0 aliphatic heterocycles. The highest BCUT2D eigenvalue weighted by molar-refractivity contribution is 5.98. The van der Waals surface area contributed by atoms with Gasteiger partial charge in [0.25, 0.3) is 5.91 Å². The van der Waals surface area contributed by atoms with Gasteiger partial charge in [-0.25, -0.2) is 0 Å². The monoisotopic (exact) mass is 335 g/mol. The third-order valence-corrected chi connectivity index (χ3v) is 4.97. The van der Waals surface area contributed by atoms with E-state index in [0.29, 0.717) is 12.2 Å². The van der Waals surface area contributed by atoms with Crippen molar-refractivity contribution < 1.29 is 9.53 Å². The van der Waals surface area contributed by atoms with Gasteiger partial charge < -0.3 is 10.1 Å². The molecule has 5 nitrogen and oxygen atoms in total. The summed E-state index contributed by atoms with van der Waals surface area (Å²) in [5.74, 6) is -0.0595. The van der Waals surface area contributed by atoms with Crippen LogP contribution >= 0.6 is 0 Å². The van der Waals surface area contributed by atoms with Gasteiger partial charge in [-0.3, -0.25) is 9.89 Å². The van der Waals surface area contributed by atoms with E-state index in [0.717, 1.165) is 29.3 Å². The Balaban J connectivity index is 1.41. The van der Waals surface area contributed by atoms with E-state index in [4.69, 9.17) is 4.74 Å². The lowest BCUT2D eigenvalue weighted by molar-refractivity contribution is 0.0188. The second-order valence-electron chi connectivity index (χ2n) is 6.72. The molecule has 0 spiro atoms. The minimum atomic E-state index is -0.253.